The van der Waals surface area contributed by atoms with Crippen LogP contribution in [0.2, 0.25) is 0 Å². The molecule has 2 aromatic rings. The Hall–Kier alpha value is -1.20. The minimum atomic E-state index is -0.391. The van der Waals surface area contributed by atoms with E-state index in [9.17, 15) is 5.11 Å². The van der Waals surface area contributed by atoms with E-state index in [4.69, 9.17) is 0 Å². The highest BCUT2D eigenvalue weighted by atomic mass is 32.1. The molecule has 0 saturated heterocycles. The molecule has 0 aliphatic carbocycles. The lowest BCUT2D eigenvalue weighted by Gasteiger charge is -2.10. The summed E-state index contributed by atoms with van der Waals surface area (Å²) >= 11 is 1.61. The van der Waals surface area contributed by atoms with E-state index >= 15 is 0 Å². The number of nitrogens with zero attached hydrogens (tertiary/aromatic N) is 3. The van der Waals surface area contributed by atoms with Gasteiger partial charge in [-0.25, -0.2) is 4.98 Å². The van der Waals surface area contributed by atoms with Crippen LogP contribution in [0.25, 0.3) is 0 Å². The van der Waals surface area contributed by atoms with Gasteiger partial charge in [0.05, 0.1) is 16.8 Å². The summed E-state index contributed by atoms with van der Waals surface area (Å²) in [5, 5.41) is 17.7. The van der Waals surface area contributed by atoms with Gasteiger partial charge in [0.2, 0.25) is 0 Å². The van der Waals surface area contributed by atoms with Crippen LogP contribution in [0.3, 0.4) is 0 Å². The molecule has 0 aliphatic rings. The fourth-order valence-corrected chi connectivity index (χ4v) is 2.98. The van der Waals surface area contributed by atoms with E-state index in [2.05, 4.69) is 30.0 Å². The normalized spacial score (nSPS) is 12.8. The van der Waals surface area contributed by atoms with Crippen LogP contribution in [-0.2, 0) is 25.8 Å². The molecular weight excluding hydrogens is 258 g/mol. The highest BCUT2D eigenvalue weighted by Crippen LogP contribution is 2.14. The van der Waals surface area contributed by atoms with Gasteiger partial charge in [0.25, 0.3) is 0 Å². The molecule has 0 bridgehead atoms. The zero-order valence-corrected chi connectivity index (χ0v) is 12.6. The highest BCUT2D eigenvalue weighted by molar-refractivity contribution is 7.09. The van der Waals surface area contributed by atoms with E-state index in [-0.39, 0.29) is 0 Å². The second-order valence-corrected chi connectivity index (χ2v) is 5.68. The van der Waals surface area contributed by atoms with E-state index in [1.165, 1.54) is 0 Å². The first-order valence-corrected chi connectivity index (χ1v) is 7.65. The molecule has 0 aromatic carbocycles. The molecule has 0 spiro atoms. The Morgan fingerprint density at radius 2 is 2.16 bits per heavy atom. The standard InChI is InChI=1S/C14H21N3OS/c1-4-11-6-12(17(5-2)16-11)7-13(18)8-14-15-10(3)9-19-14/h6,9,13,18H,4-5,7-8H2,1-3H3. The Morgan fingerprint density at radius 3 is 2.74 bits per heavy atom. The van der Waals surface area contributed by atoms with Gasteiger partial charge in [-0.2, -0.15) is 5.10 Å². The third kappa shape index (κ3) is 3.64. The molecule has 0 fully saturated rings. The van der Waals surface area contributed by atoms with Crippen LogP contribution < -0.4 is 0 Å². The Kier molecular flexibility index (Phi) is 4.71. The van der Waals surface area contributed by atoms with E-state index < -0.39 is 6.10 Å². The number of rotatable bonds is 6. The van der Waals surface area contributed by atoms with Gasteiger partial charge in [-0.05, 0) is 26.3 Å². The first-order valence-electron chi connectivity index (χ1n) is 6.77. The lowest BCUT2D eigenvalue weighted by molar-refractivity contribution is 0.172. The third-order valence-corrected chi connectivity index (χ3v) is 4.09. The maximum Gasteiger partial charge on any atom is 0.0954 e. The van der Waals surface area contributed by atoms with Crippen LogP contribution in [-0.4, -0.2) is 26.0 Å². The molecule has 19 heavy (non-hydrogen) atoms. The van der Waals surface area contributed by atoms with Crippen LogP contribution in [0.1, 0.15) is 35.9 Å². The van der Waals surface area contributed by atoms with Gasteiger partial charge in [-0.15, -0.1) is 11.3 Å². The molecule has 4 nitrogen and oxygen atoms in total. The van der Waals surface area contributed by atoms with Gasteiger partial charge in [-0.3, -0.25) is 4.68 Å². The molecule has 1 unspecified atom stereocenters. The smallest absolute Gasteiger partial charge is 0.0954 e. The monoisotopic (exact) mass is 279 g/mol. The van der Waals surface area contributed by atoms with Crippen molar-refractivity contribution in [2.24, 2.45) is 0 Å². The predicted molar refractivity (Wildman–Crippen MR) is 77.5 cm³/mol. The number of aliphatic hydroxyl groups is 1. The minimum Gasteiger partial charge on any atom is -0.392 e. The van der Waals surface area contributed by atoms with Crippen molar-refractivity contribution < 1.29 is 5.11 Å². The topological polar surface area (TPSA) is 50.9 Å². The van der Waals surface area contributed by atoms with Crippen LogP contribution >= 0.6 is 11.3 Å². The van der Waals surface area contributed by atoms with Crippen molar-refractivity contribution in [3.05, 3.63) is 33.5 Å². The average molecular weight is 279 g/mol. The summed E-state index contributed by atoms with van der Waals surface area (Å²) in [7, 11) is 0. The summed E-state index contributed by atoms with van der Waals surface area (Å²) in [5.41, 5.74) is 3.23. The summed E-state index contributed by atoms with van der Waals surface area (Å²) < 4.78 is 1.98. The molecule has 0 amide bonds. The summed E-state index contributed by atoms with van der Waals surface area (Å²) in [5.74, 6) is 0. The number of aromatic nitrogens is 3. The van der Waals surface area contributed by atoms with Crippen molar-refractivity contribution in [3.63, 3.8) is 0 Å². The second-order valence-electron chi connectivity index (χ2n) is 4.74. The quantitative estimate of drug-likeness (QED) is 0.883. The van der Waals surface area contributed by atoms with Gasteiger partial charge in [0.1, 0.15) is 0 Å². The number of thiazole rings is 1. The van der Waals surface area contributed by atoms with Crippen molar-refractivity contribution >= 4 is 11.3 Å². The molecule has 2 aromatic heterocycles. The minimum absolute atomic E-state index is 0.391. The molecule has 104 valence electrons. The molecule has 2 heterocycles. The second kappa shape index (κ2) is 6.30. The maximum absolute atomic E-state index is 10.2. The van der Waals surface area contributed by atoms with Gasteiger partial charge in [-0.1, -0.05) is 6.92 Å². The first kappa shape index (κ1) is 14.2. The zero-order chi connectivity index (χ0) is 13.8. The average Bonchev–Trinajstić information content (AvgIpc) is 2.95. The molecule has 0 saturated carbocycles. The summed E-state index contributed by atoms with van der Waals surface area (Å²) in [4.78, 5) is 4.39. The number of aliphatic hydroxyl groups excluding tert-OH is 1. The molecular formula is C14H21N3OS. The van der Waals surface area contributed by atoms with Crippen LogP contribution in [0.5, 0.6) is 0 Å². The molecule has 2 rings (SSSR count). The first-order chi connectivity index (χ1) is 9.12. The van der Waals surface area contributed by atoms with Crippen molar-refractivity contribution in [1.29, 1.82) is 0 Å². The Balaban J connectivity index is 2.01. The number of hydrogen-bond donors (Lipinski definition) is 1. The van der Waals surface area contributed by atoms with Crippen molar-refractivity contribution in [2.45, 2.75) is 52.7 Å². The van der Waals surface area contributed by atoms with Crippen molar-refractivity contribution in [2.75, 3.05) is 0 Å². The van der Waals surface area contributed by atoms with Gasteiger partial charge in [0, 0.05) is 36.2 Å². The van der Waals surface area contributed by atoms with Crippen LogP contribution in [0.4, 0.5) is 0 Å². The third-order valence-electron chi connectivity index (χ3n) is 3.10. The zero-order valence-electron chi connectivity index (χ0n) is 11.8. The van der Waals surface area contributed by atoms with Crippen LogP contribution in [0.15, 0.2) is 11.4 Å². The number of aryl methyl sites for hydroxylation is 3. The van der Waals surface area contributed by atoms with Gasteiger partial charge >= 0.3 is 0 Å². The highest BCUT2D eigenvalue weighted by Gasteiger charge is 2.13. The van der Waals surface area contributed by atoms with Gasteiger partial charge < -0.3 is 5.11 Å². The van der Waals surface area contributed by atoms with Crippen molar-refractivity contribution in [3.8, 4) is 0 Å². The fraction of sp³-hybridized carbons (Fsp3) is 0.571. The Bertz CT molecular complexity index is 533. The van der Waals surface area contributed by atoms with Crippen LogP contribution in [0, 0.1) is 6.92 Å². The van der Waals surface area contributed by atoms with E-state index in [1.54, 1.807) is 11.3 Å². The number of hydrogen-bond acceptors (Lipinski definition) is 4. The molecule has 1 atom stereocenters. The summed E-state index contributed by atoms with van der Waals surface area (Å²) in [6, 6.07) is 2.10. The molecule has 5 heteroatoms. The lowest BCUT2D eigenvalue weighted by Crippen LogP contribution is -2.16. The van der Waals surface area contributed by atoms with Gasteiger partial charge in [0.15, 0.2) is 0 Å². The molecule has 0 radical (unpaired) electrons. The van der Waals surface area contributed by atoms with E-state index in [0.717, 1.165) is 35.1 Å². The summed E-state index contributed by atoms with van der Waals surface area (Å²) in [6.07, 6.45) is 1.80. The Labute approximate surface area is 118 Å². The summed E-state index contributed by atoms with van der Waals surface area (Å²) in [6.45, 7) is 7.00. The molecule has 1 N–H and O–H groups in total. The largest absolute Gasteiger partial charge is 0.392 e. The fourth-order valence-electron chi connectivity index (χ4n) is 2.14. The van der Waals surface area contributed by atoms with Crippen molar-refractivity contribution in [1.82, 2.24) is 14.8 Å². The van der Waals surface area contributed by atoms with E-state index in [1.807, 2.05) is 17.0 Å². The predicted octanol–water partition coefficient (Wildman–Crippen LogP) is 2.38. The SMILES string of the molecule is CCc1cc(CC(O)Cc2nc(C)cs2)n(CC)n1. The molecule has 0 aliphatic heterocycles. The maximum atomic E-state index is 10.2. The van der Waals surface area contributed by atoms with E-state index in [0.29, 0.717) is 12.8 Å². The lowest BCUT2D eigenvalue weighted by atomic mass is 10.1. The Morgan fingerprint density at radius 1 is 1.37 bits per heavy atom.